The van der Waals surface area contributed by atoms with Gasteiger partial charge in [-0.25, -0.2) is 0 Å². The number of benzene rings is 1. The third kappa shape index (κ3) is 2.40. The first-order valence-electron chi connectivity index (χ1n) is 5.89. The van der Waals surface area contributed by atoms with Gasteiger partial charge in [-0.3, -0.25) is 10.1 Å². The number of nitro groups is 1. The molecule has 1 heterocycles. The lowest BCUT2D eigenvalue weighted by Crippen LogP contribution is -2.23. The molecule has 2 rings (SSSR count). The maximum Gasteiger partial charge on any atom is 0.269 e. The van der Waals surface area contributed by atoms with E-state index in [0.29, 0.717) is 5.41 Å². The summed E-state index contributed by atoms with van der Waals surface area (Å²) in [4.78, 5) is 12.7. The molecule has 17 heavy (non-hydrogen) atoms. The Balaban J connectivity index is 2.26. The van der Waals surface area contributed by atoms with Gasteiger partial charge in [0.1, 0.15) is 0 Å². The van der Waals surface area contributed by atoms with Crippen LogP contribution < -0.4 is 4.90 Å². The van der Waals surface area contributed by atoms with E-state index < -0.39 is 0 Å². The van der Waals surface area contributed by atoms with Crippen molar-refractivity contribution in [2.45, 2.75) is 27.2 Å². The molecule has 92 valence electrons. The summed E-state index contributed by atoms with van der Waals surface area (Å²) in [5, 5.41) is 10.7. The molecule has 0 amide bonds. The third-order valence-corrected chi connectivity index (χ3v) is 3.41. The summed E-state index contributed by atoms with van der Waals surface area (Å²) in [6.45, 7) is 8.51. The van der Waals surface area contributed by atoms with E-state index in [1.54, 1.807) is 12.1 Å². The number of nitro benzene ring substituents is 1. The van der Waals surface area contributed by atoms with E-state index in [1.807, 2.05) is 13.0 Å². The Bertz CT molecular complexity index is 455. The molecule has 0 aliphatic carbocycles. The van der Waals surface area contributed by atoms with E-state index in [9.17, 15) is 10.1 Å². The Morgan fingerprint density at radius 1 is 1.41 bits per heavy atom. The van der Waals surface area contributed by atoms with Crippen molar-refractivity contribution < 1.29 is 4.92 Å². The fourth-order valence-electron chi connectivity index (χ4n) is 2.43. The van der Waals surface area contributed by atoms with Crippen LogP contribution in [0.2, 0.25) is 0 Å². The van der Waals surface area contributed by atoms with Crippen LogP contribution in [-0.2, 0) is 0 Å². The van der Waals surface area contributed by atoms with Gasteiger partial charge in [-0.05, 0) is 30.4 Å². The predicted octanol–water partition coefficient (Wildman–Crippen LogP) is 3.14. The monoisotopic (exact) mass is 234 g/mol. The number of non-ortho nitro benzene ring substituents is 1. The molecule has 0 atom stereocenters. The maximum absolute atomic E-state index is 10.7. The van der Waals surface area contributed by atoms with Gasteiger partial charge in [-0.1, -0.05) is 13.8 Å². The molecular formula is C13H18N2O2. The molecule has 4 nitrogen and oxygen atoms in total. The molecule has 0 spiro atoms. The minimum Gasteiger partial charge on any atom is -0.371 e. The Morgan fingerprint density at radius 2 is 2.12 bits per heavy atom. The molecule has 1 aliphatic rings. The standard InChI is InChI=1S/C13H18N2O2/c1-10-8-11(15(16)17)4-5-12(10)14-7-6-13(2,3)9-14/h4-5,8H,6-7,9H2,1-3H3. The molecule has 1 fully saturated rings. The van der Waals surface area contributed by atoms with Crippen LogP contribution in [0.4, 0.5) is 11.4 Å². The molecule has 0 radical (unpaired) electrons. The first kappa shape index (κ1) is 11.9. The van der Waals surface area contributed by atoms with Crippen molar-refractivity contribution >= 4 is 11.4 Å². The Hall–Kier alpha value is -1.58. The van der Waals surface area contributed by atoms with Crippen molar-refractivity contribution in [3.8, 4) is 0 Å². The van der Waals surface area contributed by atoms with Crippen LogP contribution in [0, 0.1) is 22.5 Å². The second-order valence-electron chi connectivity index (χ2n) is 5.56. The molecule has 1 aromatic carbocycles. The van der Waals surface area contributed by atoms with Crippen molar-refractivity contribution in [3.63, 3.8) is 0 Å². The lowest BCUT2D eigenvalue weighted by molar-refractivity contribution is -0.384. The summed E-state index contributed by atoms with van der Waals surface area (Å²) in [5.74, 6) is 0. The van der Waals surface area contributed by atoms with Gasteiger partial charge in [0.05, 0.1) is 4.92 Å². The summed E-state index contributed by atoms with van der Waals surface area (Å²) in [6.07, 6.45) is 1.17. The van der Waals surface area contributed by atoms with Crippen LogP contribution in [0.5, 0.6) is 0 Å². The first-order valence-corrected chi connectivity index (χ1v) is 5.89. The van der Waals surface area contributed by atoms with Gasteiger partial charge < -0.3 is 4.90 Å². The molecule has 1 saturated heterocycles. The number of nitrogens with zero attached hydrogens (tertiary/aromatic N) is 2. The summed E-state index contributed by atoms with van der Waals surface area (Å²) in [7, 11) is 0. The summed E-state index contributed by atoms with van der Waals surface area (Å²) < 4.78 is 0. The van der Waals surface area contributed by atoms with E-state index in [1.165, 1.54) is 6.42 Å². The van der Waals surface area contributed by atoms with Gasteiger partial charge >= 0.3 is 0 Å². The average molecular weight is 234 g/mol. The molecule has 0 unspecified atom stereocenters. The number of hydrogen-bond donors (Lipinski definition) is 0. The molecular weight excluding hydrogens is 216 g/mol. The number of anilines is 1. The van der Waals surface area contributed by atoms with Crippen LogP contribution in [0.3, 0.4) is 0 Å². The van der Waals surface area contributed by atoms with Crippen molar-refractivity contribution in [2.24, 2.45) is 5.41 Å². The Labute approximate surface area is 101 Å². The highest BCUT2D eigenvalue weighted by atomic mass is 16.6. The van der Waals surface area contributed by atoms with E-state index >= 15 is 0 Å². The highest BCUT2D eigenvalue weighted by molar-refractivity contribution is 5.58. The average Bonchev–Trinajstić information content (AvgIpc) is 2.58. The smallest absolute Gasteiger partial charge is 0.269 e. The van der Waals surface area contributed by atoms with Gasteiger partial charge in [0.2, 0.25) is 0 Å². The van der Waals surface area contributed by atoms with Crippen LogP contribution in [0.1, 0.15) is 25.8 Å². The molecule has 1 aliphatic heterocycles. The fraction of sp³-hybridized carbons (Fsp3) is 0.538. The largest absolute Gasteiger partial charge is 0.371 e. The normalized spacial score (nSPS) is 18.4. The summed E-state index contributed by atoms with van der Waals surface area (Å²) in [6, 6.07) is 5.11. The molecule has 0 N–H and O–H groups in total. The maximum atomic E-state index is 10.7. The summed E-state index contributed by atoms with van der Waals surface area (Å²) >= 11 is 0. The van der Waals surface area contributed by atoms with Gasteiger partial charge in [0.15, 0.2) is 0 Å². The second-order valence-corrected chi connectivity index (χ2v) is 5.56. The molecule has 0 saturated carbocycles. The summed E-state index contributed by atoms with van der Waals surface area (Å²) in [5.41, 5.74) is 2.62. The lowest BCUT2D eigenvalue weighted by atomic mass is 9.93. The topological polar surface area (TPSA) is 46.4 Å². The zero-order valence-corrected chi connectivity index (χ0v) is 10.6. The second kappa shape index (κ2) is 4.02. The van der Waals surface area contributed by atoms with Crippen LogP contribution in [0.15, 0.2) is 18.2 Å². The third-order valence-electron chi connectivity index (χ3n) is 3.41. The minimum absolute atomic E-state index is 0.171. The van der Waals surface area contributed by atoms with Gasteiger partial charge in [0.25, 0.3) is 5.69 Å². The molecule has 4 heteroatoms. The predicted molar refractivity (Wildman–Crippen MR) is 68.4 cm³/mol. The van der Waals surface area contributed by atoms with Crippen molar-refractivity contribution in [1.29, 1.82) is 0 Å². The van der Waals surface area contributed by atoms with Crippen molar-refractivity contribution in [1.82, 2.24) is 0 Å². The number of rotatable bonds is 2. The van der Waals surface area contributed by atoms with Gasteiger partial charge in [0, 0.05) is 30.9 Å². The van der Waals surface area contributed by atoms with E-state index in [4.69, 9.17) is 0 Å². The molecule has 0 bridgehead atoms. The zero-order chi connectivity index (χ0) is 12.6. The molecule has 0 aromatic heterocycles. The van der Waals surface area contributed by atoms with Crippen LogP contribution >= 0.6 is 0 Å². The lowest BCUT2D eigenvalue weighted by Gasteiger charge is -2.23. The van der Waals surface area contributed by atoms with Gasteiger partial charge in [-0.2, -0.15) is 0 Å². The van der Waals surface area contributed by atoms with E-state index in [-0.39, 0.29) is 10.6 Å². The number of aryl methyl sites for hydroxylation is 1. The minimum atomic E-state index is -0.343. The Kier molecular flexibility index (Phi) is 2.81. The highest BCUT2D eigenvalue weighted by Gasteiger charge is 2.30. The van der Waals surface area contributed by atoms with Crippen molar-refractivity contribution in [2.75, 3.05) is 18.0 Å². The first-order chi connectivity index (χ1) is 7.89. The SMILES string of the molecule is Cc1cc([N+](=O)[O-])ccc1N1CCC(C)(C)C1. The van der Waals surface area contributed by atoms with E-state index in [0.717, 1.165) is 24.3 Å². The van der Waals surface area contributed by atoms with Crippen molar-refractivity contribution in [3.05, 3.63) is 33.9 Å². The Morgan fingerprint density at radius 3 is 2.59 bits per heavy atom. The quantitative estimate of drug-likeness (QED) is 0.583. The highest BCUT2D eigenvalue weighted by Crippen LogP contribution is 2.34. The number of hydrogen-bond acceptors (Lipinski definition) is 3. The zero-order valence-electron chi connectivity index (χ0n) is 10.6. The van der Waals surface area contributed by atoms with Gasteiger partial charge in [-0.15, -0.1) is 0 Å². The van der Waals surface area contributed by atoms with E-state index in [2.05, 4.69) is 18.7 Å². The van der Waals surface area contributed by atoms with Crippen LogP contribution in [-0.4, -0.2) is 18.0 Å². The molecule has 1 aromatic rings. The fourth-order valence-corrected chi connectivity index (χ4v) is 2.43. The van der Waals surface area contributed by atoms with Crippen LogP contribution in [0.25, 0.3) is 0 Å².